The first-order valence-corrected chi connectivity index (χ1v) is 7.82. The number of benzene rings is 3. The normalized spacial score (nSPS) is 10.7. The summed E-state index contributed by atoms with van der Waals surface area (Å²) in [6.07, 6.45) is 0. The molecule has 0 N–H and O–H groups in total. The quantitative estimate of drug-likeness (QED) is 0.522. The van der Waals surface area contributed by atoms with Gasteiger partial charge in [-0.15, -0.1) is 0 Å². The zero-order chi connectivity index (χ0) is 15.7. The molecule has 0 saturated heterocycles. The molecule has 0 amide bonds. The van der Waals surface area contributed by atoms with E-state index >= 15 is 0 Å². The number of hydrogen-bond acceptors (Lipinski definition) is 0. The van der Waals surface area contributed by atoms with E-state index in [9.17, 15) is 0 Å². The Balaban J connectivity index is 2.18. The topological polar surface area (TPSA) is 0 Å². The largest absolute Gasteiger partial charge is 0.0620 e. The predicted molar refractivity (Wildman–Crippen MR) is 96.3 cm³/mol. The fourth-order valence-electron chi connectivity index (χ4n) is 3.15. The lowest BCUT2D eigenvalue weighted by atomic mass is 9.88. The Bertz CT molecular complexity index is 755. The van der Waals surface area contributed by atoms with E-state index in [0.29, 0.717) is 0 Å². The van der Waals surface area contributed by atoms with Crippen molar-refractivity contribution in [1.82, 2.24) is 0 Å². The van der Waals surface area contributed by atoms with Gasteiger partial charge in [-0.3, -0.25) is 0 Å². The molecular formula is C22H22. The summed E-state index contributed by atoms with van der Waals surface area (Å²) in [6, 6.07) is 21.8. The molecule has 0 spiro atoms. The first-order chi connectivity index (χ1) is 10.6. The average Bonchev–Trinajstić information content (AvgIpc) is 2.52. The van der Waals surface area contributed by atoms with Gasteiger partial charge in [-0.05, 0) is 72.2 Å². The van der Waals surface area contributed by atoms with Crippen molar-refractivity contribution in [3.05, 3.63) is 82.9 Å². The number of hydrogen-bond donors (Lipinski definition) is 0. The maximum atomic E-state index is 2.27. The third-order valence-electron chi connectivity index (χ3n) is 4.66. The molecule has 0 bridgehead atoms. The zero-order valence-corrected chi connectivity index (χ0v) is 13.8. The van der Waals surface area contributed by atoms with Gasteiger partial charge < -0.3 is 0 Å². The zero-order valence-electron chi connectivity index (χ0n) is 13.8. The Kier molecular flexibility index (Phi) is 3.85. The highest BCUT2D eigenvalue weighted by molar-refractivity contribution is 5.79. The van der Waals surface area contributed by atoms with Gasteiger partial charge in [-0.1, -0.05) is 60.7 Å². The SMILES string of the molecule is Cc1ccccc1-c1ccc(-c2ccccc2C)c(C)c1C. The summed E-state index contributed by atoms with van der Waals surface area (Å²) in [5.41, 5.74) is 10.7. The van der Waals surface area contributed by atoms with Crippen LogP contribution in [0.4, 0.5) is 0 Å². The van der Waals surface area contributed by atoms with Gasteiger partial charge >= 0.3 is 0 Å². The van der Waals surface area contributed by atoms with Gasteiger partial charge in [0.25, 0.3) is 0 Å². The average molecular weight is 286 g/mol. The van der Waals surface area contributed by atoms with Crippen molar-refractivity contribution < 1.29 is 0 Å². The van der Waals surface area contributed by atoms with Crippen LogP contribution in [0.1, 0.15) is 22.3 Å². The van der Waals surface area contributed by atoms with Gasteiger partial charge in [0.05, 0.1) is 0 Å². The molecule has 3 aromatic carbocycles. The van der Waals surface area contributed by atoms with Gasteiger partial charge in [-0.25, -0.2) is 0 Å². The van der Waals surface area contributed by atoms with Crippen LogP contribution in [-0.2, 0) is 0 Å². The van der Waals surface area contributed by atoms with Crippen molar-refractivity contribution in [2.45, 2.75) is 27.7 Å². The van der Waals surface area contributed by atoms with Crippen LogP contribution in [0.15, 0.2) is 60.7 Å². The molecule has 0 fully saturated rings. The highest BCUT2D eigenvalue weighted by Gasteiger charge is 2.11. The number of aryl methyl sites for hydroxylation is 2. The molecule has 0 heteroatoms. The lowest BCUT2D eigenvalue weighted by molar-refractivity contribution is 1.32. The minimum atomic E-state index is 1.33. The Hall–Kier alpha value is -2.34. The van der Waals surface area contributed by atoms with Crippen molar-refractivity contribution >= 4 is 0 Å². The van der Waals surface area contributed by atoms with Gasteiger partial charge in [-0.2, -0.15) is 0 Å². The minimum Gasteiger partial charge on any atom is -0.0620 e. The fraction of sp³-hybridized carbons (Fsp3) is 0.182. The Morgan fingerprint density at radius 3 is 1.14 bits per heavy atom. The molecule has 0 radical (unpaired) electrons. The maximum Gasteiger partial charge on any atom is -0.0149 e. The van der Waals surface area contributed by atoms with Crippen LogP contribution in [0.2, 0.25) is 0 Å². The van der Waals surface area contributed by atoms with E-state index < -0.39 is 0 Å². The molecule has 0 aliphatic heterocycles. The highest BCUT2D eigenvalue weighted by Crippen LogP contribution is 2.34. The molecular weight excluding hydrogens is 264 g/mol. The lowest BCUT2D eigenvalue weighted by Gasteiger charge is -2.16. The van der Waals surface area contributed by atoms with E-state index in [1.807, 2.05) is 0 Å². The van der Waals surface area contributed by atoms with Crippen LogP contribution in [0, 0.1) is 27.7 Å². The molecule has 0 saturated carbocycles. The molecule has 0 unspecified atom stereocenters. The Labute approximate surface area is 133 Å². The van der Waals surface area contributed by atoms with Crippen LogP contribution < -0.4 is 0 Å². The highest BCUT2D eigenvalue weighted by atomic mass is 14.2. The van der Waals surface area contributed by atoms with E-state index in [2.05, 4.69) is 88.4 Å². The summed E-state index contributed by atoms with van der Waals surface area (Å²) in [7, 11) is 0. The second-order valence-electron chi connectivity index (χ2n) is 6.04. The van der Waals surface area contributed by atoms with Crippen LogP contribution >= 0.6 is 0 Å². The Morgan fingerprint density at radius 1 is 0.409 bits per heavy atom. The maximum absolute atomic E-state index is 2.27. The van der Waals surface area contributed by atoms with Crippen molar-refractivity contribution in [1.29, 1.82) is 0 Å². The molecule has 0 nitrogen and oxygen atoms in total. The molecule has 0 heterocycles. The van der Waals surface area contributed by atoms with Crippen molar-refractivity contribution in [2.75, 3.05) is 0 Å². The summed E-state index contributed by atoms with van der Waals surface area (Å²) >= 11 is 0. The fourth-order valence-corrected chi connectivity index (χ4v) is 3.15. The molecule has 0 aliphatic rings. The van der Waals surface area contributed by atoms with Crippen molar-refractivity contribution in [3.63, 3.8) is 0 Å². The summed E-state index contributed by atoms with van der Waals surface area (Å²) in [6.45, 7) is 8.83. The molecule has 22 heavy (non-hydrogen) atoms. The van der Waals surface area contributed by atoms with E-state index in [0.717, 1.165) is 0 Å². The minimum absolute atomic E-state index is 1.33. The van der Waals surface area contributed by atoms with Crippen LogP contribution in [0.5, 0.6) is 0 Å². The van der Waals surface area contributed by atoms with Crippen molar-refractivity contribution in [3.8, 4) is 22.3 Å². The van der Waals surface area contributed by atoms with E-state index in [1.54, 1.807) is 0 Å². The first kappa shape index (κ1) is 14.6. The number of rotatable bonds is 2. The summed E-state index contributed by atoms with van der Waals surface area (Å²) in [4.78, 5) is 0. The predicted octanol–water partition coefficient (Wildman–Crippen LogP) is 6.25. The second-order valence-corrected chi connectivity index (χ2v) is 6.04. The monoisotopic (exact) mass is 286 g/mol. The van der Waals surface area contributed by atoms with E-state index in [4.69, 9.17) is 0 Å². The summed E-state index contributed by atoms with van der Waals surface area (Å²) in [5.74, 6) is 0. The van der Waals surface area contributed by atoms with Crippen LogP contribution in [0.25, 0.3) is 22.3 Å². The van der Waals surface area contributed by atoms with Gasteiger partial charge in [0.2, 0.25) is 0 Å². The molecule has 110 valence electrons. The molecule has 3 aromatic rings. The molecule has 0 atom stereocenters. The first-order valence-electron chi connectivity index (χ1n) is 7.82. The molecule has 0 aromatic heterocycles. The van der Waals surface area contributed by atoms with Crippen LogP contribution in [0.3, 0.4) is 0 Å². The van der Waals surface area contributed by atoms with E-state index in [1.165, 1.54) is 44.5 Å². The standard InChI is InChI=1S/C22H22/c1-15-9-5-7-11-19(15)21-13-14-22(18(4)17(21)3)20-12-8-6-10-16(20)2/h5-14H,1-4H3. The molecule has 3 rings (SSSR count). The molecule has 0 aliphatic carbocycles. The smallest absolute Gasteiger partial charge is 0.0149 e. The Morgan fingerprint density at radius 2 is 0.773 bits per heavy atom. The second kappa shape index (κ2) is 5.81. The van der Waals surface area contributed by atoms with E-state index in [-0.39, 0.29) is 0 Å². The van der Waals surface area contributed by atoms with Crippen LogP contribution in [-0.4, -0.2) is 0 Å². The lowest BCUT2D eigenvalue weighted by Crippen LogP contribution is -1.94. The van der Waals surface area contributed by atoms with Crippen molar-refractivity contribution in [2.24, 2.45) is 0 Å². The summed E-state index contributed by atoms with van der Waals surface area (Å²) < 4.78 is 0. The van der Waals surface area contributed by atoms with Gasteiger partial charge in [0, 0.05) is 0 Å². The summed E-state index contributed by atoms with van der Waals surface area (Å²) in [5, 5.41) is 0. The van der Waals surface area contributed by atoms with Gasteiger partial charge in [0.1, 0.15) is 0 Å². The van der Waals surface area contributed by atoms with Gasteiger partial charge in [0.15, 0.2) is 0 Å². The third-order valence-corrected chi connectivity index (χ3v) is 4.66. The third kappa shape index (κ3) is 2.46.